The predicted octanol–water partition coefficient (Wildman–Crippen LogP) is 4.12. The van der Waals surface area contributed by atoms with Crippen LogP contribution in [-0.4, -0.2) is 26.4 Å². The van der Waals surface area contributed by atoms with E-state index in [0.717, 1.165) is 39.3 Å². The molecule has 0 spiro atoms. The molecule has 5 heteroatoms. The largest absolute Gasteiger partial charge is 0.493 e. The Morgan fingerprint density at radius 3 is 2.60 bits per heavy atom. The van der Waals surface area contributed by atoms with Gasteiger partial charge in [0.25, 0.3) is 0 Å². The number of thioether (sulfide) groups is 1. The lowest BCUT2D eigenvalue weighted by molar-refractivity contribution is 0.428. The van der Waals surface area contributed by atoms with Crippen molar-refractivity contribution in [3.8, 4) is 11.6 Å². The molecule has 1 heterocycles. The van der Waals surface area contributed by atoms with Crippen LogP contribution in [0.15, 0.2) is 24.3 Å². The minimum Gasteiger partial charge on any atom is -0.493 e. The Balaban J connectivity index is 2.25. The molecule has 108 valence electrons. The fourth-order valence-electron chi connectivity index (χ4n) is 2.06. The zero-order chi connectivity index (χ0) is 14.5. The molecule has 0 aliphatic rings. The topological polar surface area (TPSA) is 38.0 Å². The summed E-state index contributed by atoms with van der Waals surface area (Å²) in [6.45, 7) is 4.11. The third kappa shape index (κ3) is 3.49. The van der Waals surface area contributed by atoms with E-state index in [1.54, 1.807) is 4.68 Å². The van der Waals surface area contributed by atoms with E-state index in [4.69, 9.17) is 0 Å². The fourth-order valence-corrected chi connectivity index (χ4v) is 3.21. The number of aromatic hydroxyl groups is 1. The Morgan fingerprint density at radius 2 is 2.00 bits per heavy atom. The number of benzene rings is 1. The van der Waals surface area contributed by atoms with Gasteiger partial charge in [0.05, 0.1) is 11.4 Å². The van der Waals surface area contributed by atoms with E-state index in [2.05, 4.69) is 46.7 Å². The molecule has 0 saturated heterocycles. The third-order valence-corrected chi connectivity index (χ3v) is 4.97. The maximum atomic E-state index is 10.4. The van der Waals surface area contributed by atoms with Crippen LogP contribution < -0.4 is 0 Å². The minimum absolute atomic E-state index is 0.279. The van der Waals surface area contributed by atoms with Crippen LogP contribution in [0.2, 0.25) is 0 Å². The Hall–Kier alpha value is -0.690. The summed E-state index contributed by atoms with van der Waals surface area (Å²) in [6, 6.07) is 8.16. The summed E-state index contributed by atoms with van der Waals surface area (Å²) >= 11 is 4.22. The average molecular weight is 402 g/mol. The minimum atomic E-state index is 0.279. The Labute approximate surface area is 137 Å². The van der Waals surface area contributed by atoms with E-state index in [1.165, 1.54) is 5.56 Å². The summed E-state index contributed by atoms with van der Waals surface area (Å²) in [5.41, 5.74) is 4.06. The molecule has 3 nitrogen and oxygen atoms in total. The molecule has 0 atom stereocenters. The second-order valence-electron chi connectivity index (χ2n) is 4.55. The van der Waals surface area contributed by atoms with E-state index in [9.17, 15) is 5.11 Å². The van der Waals surface area contributed by atoms with Gasteiger partial charge in [0.2, 0.25) is 5.88 Å². The van der Waals surface area contributed by atoms with Crippen LogP contribution in [0.5, 0.6) is 5.88 Å². The standard InChI is InChI=1S/C15H19IN2OS/c1-3-20-9-8-14-11(2)17-18(15(14)19)13-6-4-12(10-16)5-7-13/h4-7,19H,3,8-10H2,1-2H3. The van der Waals surface area contributed by atoms with Gasteiger partial charge in [-0.3, -0.25) is 0 Å². The SMILES string of the molecule is CCSCCc1c(C)nn(-c2ccc(CI)cc2)c1O. The molecule has 1 aromatic heterocycles. The number of hydrogen-bond donors (Lipinski definition) is 1. The smallest absolute Gasteiger partial charge is 0.217 e. The molecular formula is C15H19IN2OS. The molecule has 2 rings (SSSR count). The predicted molar refractivity (Wildman–Crippen MR) is 94.4 cm³/mol. The van der Waals surface area contributed by atoms with Crippen LogP contribution in [-0.2, 0) is 10.8 Å². The van der Waals surface area contributed by atoms with E-state index < -0.39 is 0 Å². The first-order valence-electron chi connectivity index (χ1n) is 6.67. The molecular weight excluding hydrogens is 383 g/mol. The number of halogens is 1. The summed E-state index contributed by atoms with van der Waals surface area (Å²) in [6.07, 6.45) is 0.863. The van der Waals surface area contributed by atoms with Crippen molar-refractivity contribution in [2.75, 3.05) is 11.5 Å². The van der Waals surface area contributed by atoms with Crippen LogP contribution in [0.3, 0.4) is 0 Å². The normalized spacial score (nSPS) is 10.9. The molecule has 0 unspecified atom stereocenters. The van der Waals surface area contributed by atoms with Crippen LogP contribution in [0.4, 0.5) is 0 Å². The number of aromatic nitrogens is 2. The van der Waals surface area contributed by atoms with Crippen molar-refractivity contribution in [1.29, 1.82) is 0 Å². The molecule has 0 aliphatic carbocycles. The lowest BCUT2D eigenvalue weighted by Crippen LogP contribution is -1.96. The van der Waals surface area contributed by atoms with Gasteiger partial charge in [0, 0.05) is 9.99 Å². The molecule has 2 aromatic rings. The first kappa shape index (κ1) is 15.7. The third-order valence-electron chi connectivity index (χ3n) is 3.19. The maximum absolute atomic E-state index is 10.4. The summed E-state index contributed by atoms with van der Waals surface area (Å²) < 4.78 is 2.62. The molecule has 0 amide bonds. The second-order valence-corrected chi connectivity index (χ2v) is 6.70. The zero-order valence-electron chi connectivity index (χ0n) is 11.8. The fraction of sp³-hybridized carbons (Fsp3) is 0.400. The van der Waals surface area contributed by atoms with Gasteiger partial charge in [-0.1, -0.05) is 41.6 Å². The quantitative estimate of drug-likeness (QED) is 0.449. The van der Waals surface area contributed by atoms with Gasteiger partial charge in [0.1, 0.15) is 0 Å². The van der Waals surface area contributed by atoms with Gasteiger partial charge in [-0.25, -0.2) is 4.68 Å². The van der Waals surface area contributed by atoms with Gasteiger partial charge >= 0.3 is 0 Å². The number of rotatable bonds is 6. The Morgan fingerprint density at radius 1 is 1.30 bits per heavy atom. The number of hydrogen-bond acceptors (Lipinski definition) is 3. The number of aryl methyl sites for hydroxylation is 1. The van der Waals surface area contributed by atoms with Gasteiger partial charge in [-0.2, -0.15) is 16.9 Å². The molecule has 0 radical (unpaired) electrons. The van der Waals surface area contributed by atoms with Crippen LogP contribution in [0.1, 0.15) is 23.7 Å². The van der Waals surface area contributed by atoms with Crippen molar-refractivity contribution in [3.63, 3.8) is 0 Å². The van der Waals surface area contributed by atoms with E-state index in [-0.39, 0.29) is 5.88 Å². The Kier molecular flexibility index (Phi) is 5.77. The first-order valence-corrected chi connectivity index (χ1v) is 9.35. The highest BCUT2D eigenvalue weighted by Gasteiger charge is 2.15. The lowest BCUT2D eigenvalue weighted by atomic mass is 10.2. The van der Waals surface area contributed by atoms with Crippen LogP contribution in [0, 0.1) is 6.92 Å². The molecule has 1 aromatic carbocycles. The van der Waals surface area contributed by atoms with E-state index in [0.29, 0.717) is 0 Å². The van der Waals surface area contributed by atoms with Gasteiger partial charge in [-0.15, -0.1) is 0 Å². The van der Waals surface area contributed by atoms with E-state index in [1.807, 2.05) is 30.8 Å². The van der Waals surface area contributed by atoms with Crippen molar-refractivity contribution >= 4 is 34.4 Å². The molecule has 0 aliphatic heterocycles. The first-order chi connectivity index (χ1) is 9.67. The van der Waals surface area contributed by atoms with Crippen molar-refractivity contribution in [2.45, 2.75) is 24.7 Å². The summed E-state index contributed by atoms with van der Waals surface area (Å²) in [5.74, 6) is 2.40. The lowest BCUT2D eigenvalue weighted by Gasteiger charge is -2.05. The Bertz CT molecular complexity index is 566. The van der Waals surface area contributed by atoms with Crippen molar-refractivity contribution in [2.24, 2.45) is 0 Å². The van der Waals surface area contributed by atoms with E-state index >= 15 is 0 Å². The summed E-state index contributed by atoms with van der Waals surface area (Å²) in [4.78, 5) is 0. The number of alkyl halides is 1. The maximum Gasteiger partial charge on any atom is 0.217 e. The van der Waals surface area contributed by atoms with Gasteiger partial charge in [0.15, 0.2) is 0 Å². The van der Waals surface area contributed by atoms with Crippen molar-refractivity contribution < 1.29 is 5.11 Å². The highest BCUT2D eigenvalue weighted by molar-refractivity contribution is 14.1. The van der Waals surface area contributed by atoms with Gasteiger partial charge < -0.3 is 5.11 Å². The van der Waals surface area contributed by atoms with Crippen molar-refractivity contribution in [1.82, 2.24) is 9.78 Å². The molecule has 20 heavy (non-hydrogen) atoms. The molecule has 0 saturated carbocycles. The molecule has 0 fully saturated rings. The second kappa shape index (κ2) is 7.36. The van der Waals surface area contributed by atoms with Crippen LogP contribution >= 0.6 is 34.4 Å². The highest BCUT2D eigenvalue weighted by atomic mass is 127. The number of nitrogens with zero attached hydrogens (tertiary/aromatic N) is 2. The van der Waals surface area contributed by atoms with Crippen molar-refractivity contribution in [3.05, 3.63) is 41.1 Å². The van der Waals surface area contributed by atoms with Gasteiger partial charge in [-0.05, 0) is 42.5 Å². The molecule has 1 N–H and O–H groups in total. The highest BCUT2D eigenvalue weighted by Crippen LogP contribution is 2.26. The van der Waals surface area contributed by atoms with Crippen LogP contribution in [0.25, 0.3) is 5.69 Å². The summed E-state index contributed by atoms with van der Waals surface area (Å²) in [5, 5.41) is 14.8. The zero-order valence-corrected chi connectivity index (χ0v) is 14.7. The molecule has 0 bridgehead atoms. The monoisotopic (exact) mass is 402 g/mol. The summed E-state index contributed by atoms with van der Waals surface area (Å²) in [7, 11) is 0. The average Bonchev–Trinajstić information content (AvgIpc) is 2.75.